The zero-order chi connectivity index (χ0) is 19.1. The number of hydrogen-bond acceptors (Lipinski definition) is 4. The van der Waals surface area contributed by atoms with Gasteiger partial charge in [0.1, 0.15) is 0 Å². The molecule has 2 aromatic carbocycles. The first-order valence-electron chi connectivity index (χ1n) is 8.69. The van der Waals surface area contributed by atoms with Crippen LogP contribution in [0.4, 0.5) is 5.69 Å². The zero-order valence-corrected chi connectivity index (χ0v) is 15.8. The summed E-state index contributed by atoms with van der Waals surface area (Å²) in [4.78, 5) is 26.0. The van der Waals surface area contributed by atoms with E-state index in [-0.39, 0.29) is 24.5 Å². The van der Waals surface area contributed by atoms with E-state index in [1.54, 1.807) is 38.1 Å². The fourth-order valence-electron chi connectivity index (χ4n) is 2.55. The van der Waals surface area contributed by atoms with Crippen LogP contribution >= 0.6 is 0 Å². The van der Waals surface area contributed by atoms with Crippen molar-refractivity contribution in [2.45, 2.75) is 33.4 Å². The minimum absolute atomic E-state index is 0.0985. The molecule has 5 nitrogen and oxygen atoms in total. The number of carbonyl (C=O) groups is 2. The van der Waals surface area contributed by atoms with Gasteiger partial charge in [-0.2, -0.15) is 0 Å². The number of rotatable bonds is 7. The van der Waals surface area contributed by atoms with Crippen molar-refractivity contribution in [1.82, 2.24) is 4.90 Å². The number of aryl methyl sites for hydroxylation is 1. The number of likely N-dealkylation sites (N-methyl/N-ethyl adjacent to an activating group) is 1. The van der Waals surface area contributed by atoms with Crippen molar-refractivity contribution < 1.29 is 14.3 Å². The minimum atomic E-state index is -0.365. The molecule has 0 aliphatic carbocycles. The molecule has 0 bridgehead atoms. The number of nitrogens with zero attached hydrogens (tertiary/aromatic N) is 1. The Bertz CT molecular complexity index is 754. The highest BCUT2D eigenvalue weighted by atomic mass is 16.5. The van der Waals surface area contributed by atoms with Gasteiger partial charge in [-0.15, -0.1) is 0 Å². The Morgan fingerprint density at radius 1 is 1.08 bits per heavy atom. The van der Waals surface area contributed by atoms with Gasteiger partial charge in [-0.05, 0) is 63.2 Å². The number of hydrogen-bond donors (Lipinski definition) is 1. The minimum Gasteiger partial charge on any atom is -0.459 e. The first-order valence-corrected chi connectivity index (χ1v) is 8.69. The fourth-order valence-corrected chi connectivity index (χ4v) is 2.55. The maximum Gasteiger partial charge on any atom is 0.338 e. The third-order valence-corrected chi connectivity index (χ3v) is 3.86. The zero-order valence-electron chi connectivity index (χ0n) is 15.8. The number of carbonyl (C=O) groups excluding carboxylic acids is 2. The molecule has 138 valence electrons. The first kappa shape index (κ1) is 19.7. The number of benzene rings is 2. The molecule has 0 aliphatic heterocycles. The largest absolute Gasteiger partial charge is 0.459 e. The summed E-state index contributed by atoms with van der Waals surface area (Å²) >= 11 is 0. The smallest absolute Gasteiger partial charge is 0.338 e. The fraction of sp³-hybridized carbons (Fsp3) is 0.333. The third kappa shape index (κ3) is 6.01. The molecule has 0 saturated carbocycles. The van der Waals surface area contributed by atoms with Crippen LogP contribution in [0.2, 0.25) is 0 Å². The molecule has 1 N–H and O–H groups in total. The summed E-state index contributed by atoms with van der Waals surface area (Å²) in [6.45, 7) is 6.67. The van der Waals surface area contributed by atoms with Crippen molar-refractivity contribution >= 4 is 17.6 Å². The van der Waals surface area contributed by atoms with E-state index in [1.165, 1.54) is 11.1 Å². The lowest BCUT2D eigenvalue weighted by Crippen LogP contribution is -2.30. The maximum absolute atomic E-state index is 12.2. The van der Waals surface area contributed by atoms with E-state index in [0.717, 1.165) is 0 Å². The van der Waals surface area contributed by atoms with Crippen LogP contribution < -0.4 is 5.32 Å². The second-order valence-corrected chi connectivity index (χ2v) is 6.68. The van der Waals surface area contributed by atoms with Crippen LogP contribution in [0.25, 0.3) is 0 Å². The monoisotopic (exact) mass is 354 g/mol. The number of nitrogens with one attached hydrogen (secondary N) is 1. The van der Waals surface area contributed by atoms with Crippen LogP contribution in [-0.2, 0) is 16.1 Å². The number of amides is 1. The lowest BCUT2D eigenvalue weighted by atomic mass is 10.1. The summed E-state index contributed by atoms with van der Waals surface area (Å²) in [5.74, 6) is -0.463. The molecular weight excluding hydrogens is 328 g/mol. The Morgan fingerprint density at radius 2 is 1.73 bits per heavy atom. The van der Waals surface area contributed by atoms with E-state index in [0.29, 0.717) is 17.8 Å². The maximum atomic E-state index is 12.2. The van der Waals surface area contributed by atoms with Crippen molar-refractivity contribution in [3.05, 3.63) is 65.2 Å². The second kappa shape index (κ2) is 9.15. The molecule has 2 rings (SSSR count). The molecule has 0 radical (unpaired) electrons. The summed E-state index contributed by atoms with van der Waals surface area (Å²) in [6.07, 6.45) is -0.161. The van der Waals surface area contributed by atoms with Gasteiger partial charge in [-0.1, -0.05) is 24.3 Å². The predicted molar refractivity (Wildman–Crippen MR) is 103 cm³/mol. The van der Waals surface area contributed by atoms with Gasteiger partial charge in [-0.25, -0.2) is 4.79 Å². The van der Waals surface area contributed by atoms with Gasteiger partial charge in [-0.3, -0.25) is 9.69 Å². The van der Waals surface area contributed by atoms with Gasteiger partial charge < -0.3 is 10.1 Å². The summed E-state index contributed by atoms with van der Waals surface area (Å²) < 4.78 is 5.14. The molecule has 5 heteroatoms. The van der Waals surface area contributed by atoms with Gasteiger partial charge in [0.05, 0.1) is 18.2 Å². The number of esters is 1. The number of anilines is 1. The van der Waals surface area contributed by atoms with Crippen molar-refractivity contribution in [2.75, 3.05) is 18.9 Å². The Labute approximate surface area is 155 Å². The molecule has 0 spiro atoms. The highest BCUT2D eigenvalue weighted by Gasteiger charge is 2.11. The molecule has 0 atom stereocenters. The summed E-state index contributed by atoms with van der Waals surface area (Å²) in [5, 5.41) is 2.85. The van der Waals surface area contributed by atoms with E-state index in [4.69, 9.17) is 4.74 Å². The van der Waals surface area contributed by atoms with Crippen LogP contribution in [0.5, 0.6) is 0 Å². The average molecular weight is 354 g/mol. The third-order valence-electron chi connectivity index (χ3n) is 3.86. The lowest BCUT2D eigenvalue weighted by molar-refractivity contribution is -0.117. The second-order valence-electron chi connectivity index (χ2n) is 6.68. The molecule has 0 heterocycles. The SMILES string of the molecule is Cc1ccccc1CN(C)CC(=O)Nc1ccc(C(=O)OC(C)C)cc1. The van der Waals surface area contributed by atoms with E-state index in [9.17, 15) is 9.59 Å². The summed E-state index contributed by atoms with van der Waals surface area (Å²) in [7, 11) is 1.91. The normalized spacial score (nSPS) is 10.8. The first-order chi connectivity index (χ1) is 12.3. The summed E-state index contributed by atoms with van der Waals surface area (Å²) in [5.41, 5.74) is 3.54. The molecule has 0 aliphatic rings. The van der Waals surface area contributed by atoms with E-state index < -0.39 is 0 Å². The van der Waals surface area contributed by atoms with Crippen molar-refractivity contribution in [3.63, 3.8) is 0 Å². The van der Waals surface area contributed by atoms with Crippen LogP contribution in [-0.4, -0.2) is 36.5 Å². The Morgan fingerprint density at radius 3 is 2.35 bits per heavy atom. The molecule has 2 aromatic rings. The van der Waals surface area contributed by atoms with Crippen molar-refractivity contribution in [3.8, 4) is 0 Å². The van der Waals surface area contributed by atoms with Crippen molar-refractivity contribution in [2.24, 2.45) is 0 Å². The quantitative estimate of drug-likeness (QED) is 0.772. The number of ether oxygens (including phenoxy) is 1. The highest BCUT2D eigenvalue weighted by molar-refractivity contribution is 5.94. The topological polar surface area (TPSA) is 58.6 Å². The van der Waals surface area contributed by atoms with E-state index >= 15 is 0 Å². The van der Waals surface area contributed by atoms with Gasteiger partial charge in [0.15, 0.2) is 0 Å². The standard InChI is InChI=1S/C21H26N2O3/c1-15(2)26-21(25)17-9-11-19(12-10-17)22-20(24)14-23(4)13-18-8-6-5-7-16(18)3/h5-12,15H,13-14H2,1-4H3,(H,22,24). The van der Waals surface area contributed by atoms with Gasteiger partial charge in [0.25, 0.3) is 0 Å². The molecular formula is C21H26N2O3. The van der Waals surface area contributed by atoms with Gasteiger partial charge >= 0.3 is 5.97 Å². The van der Waals surface area contributed by atoms with Gasteiger partial charge in [0.2, 0.25) is 5.91 Å². The Balaban J connectivity index is 1.87. The van der Waals surface area contributed by atoms with Crippen LogP contribution in [0.3, 0.4) is 0 Å². The molecule has 0 saturated heterocycles. The Kier molecular flexibility index (Phi) is 6.92. The van der Waals surface area contributed by atoms with E-state index in [2.05, 4.69) is 24.4 Å². The van der Waals surface area contributed by atoms with Crippen LogP contribution in [0.1, 0.15) is 35.3 Å². The van der Waals surface area contributed by atoms with Crippen LogP contribution in [0, 0.1) is 6.92 Å². The molecule has 0 aromatic heterocycles. The lowest BCUT2D eigenvalue weighted by Gasteiger charge is -2.17. The van der Waals surface area contributed by atoms with E-state index in [1.807, 2.05) is 24.1 Å². The Hall–Kier alpha value is -2.66. The predicted octanol–water partition coefficient (Wildman–Crippen LogP) is 3.63. The summed E-state index contributed by atoms with van der Waals surface area (Å²) in [6, 6.07) is 14.9. The average Bonchev–Trinajstić information content (AvgIpc) is 2.56. The van der Waals surface area contributed by atoms with Crippen LogP contribution in [0.15, 0.2) is 48.5 Å². The highest BCUT2D eigenvalue weighted by Crippen LogP contribution is 2.12. The molecule has 0 fully saturated rings. The molecule has 1 amide bonds. The molecule has 26 heavy (non-hydrogen) atoms. The molecule has 0 unspecified atom stereocenters. The van der Waals surface area contributed by atoms with Crippen molar-refractivity contribution in [1.29, 1.82) is 0 Å². The van der Waals surface area contributed by atoms with Gasteiger partial charge in [0, 0.05) is 12.2 Å².